The van der Waals surface area contributed by atoms with Crippen LogP contribution in [0.25, 0.3) is 22.3 Å². The molecule has 1 amide bonds. The fourth-order valence-electron chi connectivity index (χ4n) is 2.92. The van der Waals surface area contributed by atoms with Gasteiger partial charge in [0.2, 0.25) is 11.7 Å². The maximum absolute atomic E-state index is 13.9. The molecule has 140 valence electrons. The molecule has 0 aliphatic carbocycles. The lowest BCUT2D eigenvalue weighted by atomic mass is 10.1. The summed E-state index contributed by atoms with van der Waals surface area (Å²) in [7, 11) is 1.60. The van der Waals surface area contributed by atoms with E-state index in [1.54, 1.807) is 31.3 Å². The van der Waals surface area contributed by atoms with Crippen LogP contribution in [0.5, 0.6) is 0 Å². The quantitative estimate of drug-likeness (QED) is 0.538. The van der Waals surface area contributed by atoms with E-state index in [1.165, 1.54) is 11.0 Å². The van der Waals surface area contributed by atoms with Crippen molar-refractivity contribution >= 4 is 16.8 Å². The molecule has 2 aromatic heterocycles. The Bertz CT molecular complexity index is 1170. The van der Waals surface area contributed by atoms with Crippen LogP contribution in [0.2, 0.25) is 0 Å². The van der Waals surface area contributed by atoms with Crippen LogP contribution < -0.4 is 0 Å². The zero-order chi connectivity index (χ0) is 19.7. The van der Waals surface area contributed by atoms with Crippen molar-refractivity contribution in [1.29, 1.82) is 0 Å². The highest BCUT2D eigenvalue weighted by Crippen LogP contribution is 2.19. The summed E-state index contributed by atoms with van der Waals surface area (Å²) in [6.07, 6.45) is 0. The molecule has 0 saturated heterocycles. The van der Waals surface area contributed by atoms with Gasteiger partial charge in [-0.1, -0.05) is 47.1 Å². The maximum atomic E-state index is 13.9. The van der Waals surface area contributed by atoms with Crippen LogP contribution in [0, 0.1) is 12.7 Å². The Hall–Kier alpha value is -3.61. The maximum Gasteiger partial charge on any atom is 0.272 e. The monoisotopic (exact) mass is 376 g/mol. The van der Waals surface area contributed by atoms with Crippen LogP contribution in [0.15, 0.2) is 59.1 Å². The summed E-state index contributed by atoms with van der Waals surface area (Å²) in [4.78, 5) is 22.6. The molecule has 0 aliphatic rings. The SMILES string of the molecule is Cc1cccc(-c2noc(CN(C)C(=O)c3ccc4cccc(F)c4n3)n2)c1. The molecule has 0 radical (unpaired) electrons. The molecule has 2 heterocycles. The molecule has 0 saturated carbocycles. The van der Waals surface area contributed by atoms with Crippen molar-refractivity contribution in [2.45, 2.75) is 13.5 Å². The largest absolute Gasteiger partial charge is 0.337 e. The van der Waals surface area contributed by atoms with Crippen LogP contribution in [0.4, 0.5) is 4.39 Å². The number of nitrogens with zero attached hydrogens (tertiary/aromatic N) is 4. The van der Waals surface area contributed by atoms with E-state index in [1.807, 2.05) is 31.2 Å². The minimum Gasteiger partial charge on any atom is -0.337 e. The fourth-order valence-corrected chi connectivity index (χ4v) is 2.92. The van der Waals surface area contributed by atoms with E-state index in [4.69, 9.17) is 4.52 Å². The van der Waals surface area contributed by atoms with Gasteiger partial charge in [0.15, 0.2) is 0 Å². The van der Waals surface area contributed by atoms with Crippen molar-refractivity contribution in [3.63, 3.8) is 0 Å². The lowest BCUT2D eigenvalue weighted by Crippen LogP contribution is -2.27. The lowest BCUT2D eigenvalue weighted by molar-refractivity contribution is 0.0764. The van der Waals surface area contributed by atoms with Crippen molar-refractivity contribution in [2.24, 2.45) is 0 Å². The highest BCUT2D eigenvalue weighted by Gasteiger charge is 2.18. The molecule has 0 fully saturated rings. The molecule has 6 nitrogen and oxygen atoms in total. The van der Waals surface area contributed by atoms with Crippen molar-refractivity contribution in [3.8, 4) is 11.4 Å². The Morgan fingerprint density at radius 1 is 1.11 bits per heavy atom. The van der Waals surface area contributed by atoms with Crippen molar-refractivity contribution < 1.29 is 13.7 Å². The van der Waals surface area contributed by atoms with Crippen LogP contribution in [-0.2, 0) is 6.54 Å². The summed E-state index contributed by atoms with van der Waals surface area (Å²) in [6, 6.07) is 15.7. The van der Waals surface area contributed by atoms with Crippen molar-refractivity contribution in [3.05, 3.63) is 77.6 Å². The number of aromatic nitrogens is 3. The minimum atomic E-state index is -0.463. The van der Waals surface area contributed by atoms with E-state index in [0.717, 1.165) is 11.1 Å². The van der Waals surface area contributed by atoms with Crippen LogP contribution >= 0.6 is 0 Å². The molecular formula is C21H17FN4O2. The molecule has 28 heavy (non-hydrogen) atoms. The van der Waals surface area contributed by atoms with Gasteiger partial charge >= 0.3 is 0 Å². The summed E-state index contributed by atoms with van der Waals surface area (Å²) in [6.45, 7) is 2.10. The number of hydrogen-bond donors (Lipinski definition) is 0. The van der Waals surface area contributed by atoms with Gasteiger partial charge in [0.25, 0.3) is 5.91 Å². The number of halogens is 1. The van der Waals surface area contributed by atoms with Gasteiger partial charge < -0.3 is 9.42 Å². The van der Waals surface area contributed by atoms with Crippen molar-refractivity contribution in [2.75, 3.05) is 7.05 Å². The Morgan fingerprint density at radius 3 is 2.75 bits per heavy atom. The topological polar surface area (TPSA) is 72.1 Å². The zero-order valence-electron chi connectivity index (χ0n) is 15.4. The van der Waals surface area contributed by atoms with E-state index >= 15 is 0 Å². The first-order valence-corrected chi connectivity index (χ1v) is 8.71. The molecule has 4 aromatic rings. The normalized spacial score (nSPS) is 11.0. The summed E-state index contributed by atoms with van der Waals surface area (Å²) in [5.41, 5.74) is 2.25. The smallest absolute Gasteiger partial charge is 0.272 e. The molecule has 0 atom stereocenters. The van der Waals surface area contributed by atoms with Crippen LogP contribution in [-0.4, -0.2) is 33.0 Å². The minimum absolute atomic E-state index is 0.120. The van der Waals surface area contributed by atoms with Gasteiger partial charge in [0.05, 0.1) is 0 Å². The second-order valence-electron chi connectivity index (χ2n) is 6.55. The highest BCUT2D eigenvalue weighted by atomic mass is 19.1. The molecular weight excluding hydrogens is 359 g/mol. The lowest BCUT2D eigenvalue weighted by Gasteiger charge is -2.14. The van der Waals surface area contributed by atoms with Gasteiger partial charge in [-0.25, -0.2) is 9.37 Å². The van der Waals surface area contributed by atoms with Gasteiger partial charge in [0.1, 0.15) is 23.6 Å². The van der Waals surface area contributed by atoms with Crippen molar-refractivity contribution in [1.82, 2.24) is 20.0 Å². The third-order valence-electron chi connectivity index (χ3n) is 4.35. The average molecular weight is 376 g/mol. The summed E-state index contributed by atoms with van der Waals surface area (Å²) < 4.78 is 19.2. The second kappa shape index (κ2) is 7.19. The van der Waals surface area contributed by atoms with Gasteiger partial charge in [-0.15, -0.1) is 0 Å². The predicted molar refractivity (Wildman–Crippen MR) is 102 cm³/mol. The first-order valence-electron chi connectivity index (χ1n) is 8.71. The average Bonchev–Trinajstić information content (AvgIpc) is 3.16. The Morgan fingerprint density at radius 2 is 1.93 bits per heavy atom. The van der Waals surface area contributed by atoms with Gasteiger partial charge in [-0.3, -0.25) is 4.79 Å². The van der Waals surface area contributed by atoms with Gasteiger partial charge in [0, 0.05) is 18.0 Å². The third-order valence-corrected chi connectivity index (χ3v) is 4.35. The molecule has 0 spiro atoms. The number of aryl methyl sites for hydroxylation is 1. The molecule has 7 heteroatoms. The highest BCUT2D eigenvalue weighted by molar-refractivity contribution is 5.94. The number of benzene rings is 2. The number of fused-ring (bicyclic) bond motifs is 1. The molecule has 4 rings (SSSR count). The Balaban J connectivity index is 1.53. The predicted octanol–water partition coefficient (Wildman–Crippen LogP) is 4.00. The first kappa shape index (κ1) is 17.8. The Labute approximate surface area is 160 Å². The second-order valence-corrected chi connectivity index (χ2v) is 6.55. The summed E-state index contributed by atoms with van der Waals surface area (Å²) in [5.74, 6) is -0.0558. The van der Waals surface area contributed by atoms with Crippen LogP contribution in [0.1, 0.15) is 21.9 Å². The van der Waals surface area contributed by atoms with E-state index in [-0.39, 0.29) is 23.7 Å². The summed E-state index contributed by atoms with van der Waals surface area (Å²) >= 11 is 0. The number of carbonyl (C=O) groups excluding carboxylic acids is 1. The van der Waals surface area contributed by atoms with E-state index in [9.17, 15) is 9.18 Å². The molecule has 2 aromatic carbocycles. The molecule has 0 aliphatic heterocycles. The Kier molecular flexibility index (Phi) is 4.57. The number of para-hydroxylation sites is 1. The van der Waals surface area contributed by atoms with Gasteiger partial charge in [-0.05, 0) is 25.1 Å². The molecule has 0 N–H and O–H groups in total. The fraction of sp³-hybridized carbons (Fsp3) is 0.143. The molecule has 0 unspecified atom stereocenters. The summed E-state index contributed by atoms with van der Waals surface area (Å²) in [5, 5.41) is 4.61. The standard InChI is InChI=1S/C21H17FN4O2/c1-13-5-3-7-15(11-13)20-24-18(28-25-20)12-26(2)21(27)17-10-9-14-6-4-8-16(22)19(14)23-17/h3-11H,12H2,1-2H3. The van der Waals surface area contributed by atoms with Crippen LogP contribution in [0.3, 0.4) is 0 Å². The number of pyridine rings is 1. The molecule has 0 bridgehead atoms. The third kappa shape index (κ3) is 3.46. The number of amides is 1. The van der Waals surface area contributed by atoms with E-state index in [0.29, 0.717) is 17.1 Å². The van der Waals surface area contributed by atoms with Gasteiger partial charge in [-0.2, -0.15) is 4.98 Å². The zero-order valence-corrected chi connectivity index (χ0v) is 15.4. The number of hydrogen-bond acceptors (Lipinski definition) is 5. The number of rotatable bonds is 4. The number of carbonyl (C=O) groups is 1. The van der Waals surface area contributed by atoms with E-state index in [2.05, 4.69) is 15.1 Å². The van der Waals surface area contributed by atoms with E-state index < -0.39 is 5.82 Å². The first-order chi connectivity index (χ1) is 13.5.